The SMILES string of the molecule is O=C(NCC(c1ccc(F)cc1)N1CCOCC1)Nc1nc2ccccc2s1. The summed E-state index contributed by atoms with van der Waals surface area (Å²) in [4.78, 5) is 19.1. The van der Waals surface area contributed by atoms with Crippen molar-refractivity contribution < 1.29 is 13.9 Å². The minimum absolute atomic E-state index is 0.0504. The number of rotatable bonds is 5. The lowest BCUT2D eigenvalue weighted by Crippen LogP contribution is -2.44. The summed E-state index contributed by atoms with van der Waals surface area (Å²) < 4.78 is 19.8. The Morgan fingerprint density at radius 2 is 1.93 bits per heavy atom. The zero-order valence-electron chi connectivity index (χ0n) is 15.2. The van der Waals surface area contributed by atoms with E-state index in [4.69, 9.17) is 4.74 Å². The maximum Gasteiger partial charge on any atom is 0.321 e. The number of ether oxygens (including phenoxy) is 1. The van der Waals surface area contributed by atoms with Gasteiger partial charge in [-0.1, -0.05) is 35.6 Å². The molecule has 1 aliphatic heterocycles. The minimum Gasteiger partial charge on any atom is -0.379 e. The molecule has 4 rings (SSSR count). The predicted octanol–water partition coefficient (Wildman–Crippen LogP) is 3.63. The molecule has 2 N–H and O–H groups in total. The van der Waals surface area contributed by atoms with Crippen LogP contribution in [-0.4, -0.2) is 48.8 Å². The number of halogens is 1. The quantitative estimate of drug-likeness (QED) is 0.686. The number of aromatic nitrogens is 1. The molecule has 8 heteroatoms. The molecule has 0 radical (unpaired) electrons. The zero-order chi connectivity index (χ0) is 19.3. The zero-order valence-corrected chi connectivity index (χ0v) is 16.0. The van der Waals surface area contributed by atoms with Gasteiger partial charge in [-0.15, -0.1) is 0 Å². The Morgan fingerprint density at radius 1 is 1.18 bits per heavy atom. The number of hydrogen-bond donors (Lipinski definition) is 2. The van der Waals surface area contributed by atoms with E-state index in [1.807, 2.05) is 24.3 Å². The van der Waals surface area contributed by atoms with Gasteiger partial charge in [-0.2, -0.15) is 0 Å². The summed E-state index contributed by atoms with van der Waals surface area (Å²) in [6.07, 6.45) is 0. The van der Waals surface area contributed by atoms with Gasteiger partial charge in [0.2, 0.25) is 0 Å². The Labute approximate surface area is 166 Å². The Balaban J connectivity index is 1.42. The number of amides is 2. The van der Waals surface area contributed by atoms with E-state index in [0.29, 0.717) is 24.9 Å². The van der Waals surface area contributed by atoms with Crippen molar-refractivity contribution in [1.29, 1.82) is 0 Å². The van der Waals surface area contributed by atoms with E-state index in [0.717, 1.165) is 28.9 Å². The third-order valence-electron chi connectivity index (χ3n) is 4.71. The van der Waals surface area contributed by atoms with Crippen molar-refractivity contribution in [3.05, 3.63) is 59.9 Å². The maximum absolute atomic E-state index is 13.3. The van der Waals surface area contributed by atoms with Crippen LogP contribution in [-0.2, 0) is 4.74 Å². The first kappa shape index (κ1) is 18.8. The Kier molecular flexibility index (Phi) is 5.80. The molecule has 2 heterocycles. The Bertz CT molecular complexity index is 908. The first-order valence-electron chi connectivity index (χ1n) is 9.17. The molecule has 0 spiro atoms. The molecular formula is C20H21FN4O2S. The molecule has 1 fully saturated rings. The van der Waals surface area contributed by atoms with Gasteiger partial charge in [0.1, 0.15) is 5.82 Å². The molecule has 1 aliphatic rings. The summed E-state index contributed by atoms with van der Waals surface area (Å²) in [6, 6.07) is 13.8. The van der Waals surface area contributed by atoms with E-state index < -0.39 is 0 Å². The van der Waals surface area contributed by atoms with E-state index in [-0.39, 0.29) is 17.9 Å². The summed E-state index contributed by atoms with van der Waals surface area (Å²) >= 11 is 1.43. The molecule has 0 aliphatic carbocycles. The van der Waals surface area contributed by atoms with Gasteiger partial charge in [0.25, 0.3) is 0 Å². The number of fused-ring (bicyclic) bond motifs is 1. The Morgan fingerprint density at radius 3 is 2.68 bits per heavy atom. The molecule has 28 heavy (non-hydrogen) atoms. The van der Waals surface area contributed by atoms with Gasteiger partial charge in [0.05, 0.1) is 29.5 Å². The second kappa shape index (κ2) is 8.64. The lowest BCUT2D eigenvalue weighted by atomic mass is 10.0. The lowest BCUT2D eigenvalue weighted by Gasteiger charge is -2.34. The topological polar surface area (TPSA) is 66.5 Å². The fourth-order valence-electron chi connectivity index (χ4n) is 3.29. The van der Waals surface area contributed by atoms with Crippen molar-refractivity contribution >= 4 is 32.7 Å². The molecular weight excluding hydrogens is 379 g/mol. The number of thiazole rings is 1. The molecule has 6 nitrogen and oxygen atoms in total. The fourth-order valence-corrected chi connectivity index (χ4v) is 4.15. The minimum atomic E-state index is -0.306. The number of morpholine rings is 1. The molecule has 1 saturated heterocycles. The molecule has 0 bridgehead atoms. The van der Waals surface area contributed by atoms with Crippen LogP contribution in [0.1, 0.15) is 11.6 Å². The van der Waals surface area contributed by atoms with Crippen LogP contribution in [0.25, 0.3) is 10.2 Å². The van der Waals surface area contributed by atoms with Crippen LogP contribution in [0, 0.1) is 5.82 Å². The van der Waals surface area contributed by atoms with Crippen molar-refractivity contribution in [2.45, 2.75) is 6.04 Å². The molecule has 2 aromatic carbocycles. The van der Waals surface area contributed by atoms with Crippen LogP contribution in [0.5, 0.6) is 0 Å². The highest BCUT2D eigenvalue weighted by Crippen LogP contribution is 2.25. The van der Waals surface area contributed by atoms with Gasteiger partial charge < -0.3 is 10.1 Å². The monoisotopic (exact) mass is 400 g/mol. The predicted molar refractivity (Wildman–Crippen MR) is 108 cm³/mol. The molecule has 0 saturated carbocycles. The van der Waals surface area contributed by atoms with Crippen molar-refractivity contribution in [2.75, 3.05) is 38.2 Å². The summed E-state index contributed by atoms with van der Waals surface area (Å²) in [5, 5.41) is 6.29. The third-order valence-corrected chi connectivity index (χ3v) is 5.66. The number of para-hydroxylation sites is 1. The van der Waals surface area contributed by atoms with Crippen molar-refractivity contribution in [3.8, 4) is 0 Å². The number of nitrogens with zero attached hydrogens (tertiary/aromatic N) is 2. The molecule has 2 amide bonds. The van der Waals surface area contributed by atoms with Gasteiger partial charge in [-0.05, 0) is 29.8 Å². The van der Waals surface area contributed by atoms with Crippen LogP contribution in [0.4, 0.5) is 14.3 Å². The third kappa shape index (κ3) is 4.46. The lowest BCUT2D eigenvalue weighted by molar-refractivity contribution is 0.0167. The van der Waals surface area contributed by atoms with E-state index in [9.17, 15) is 9.18 Å². The molecule has 146 valence electrons. The summed E-state index contributed by atoms with van der Waals surface area (Å²) in [5.74, 6) is -0.272. The first-order valence-corrected chi connectivity index (χ1v) is 9.98. The normalized spacial score (nSPS) is 16.0. The molecule has 1 unspecified atom stereocenters. The van der Waals surface area contributed by atoms with Gasteiger partial charge in [-0.25, -0.2) is 14.2 Å². The van der Waals surface area contributed by atoms with Gasteiger partial charge in [0, 0.05) is 19.6 Å². The second-order valence-electron chi connectivity index (χ2n) is 6.54. The smallest absolute Gasteiger partial charge is 0.321 e. The molecule has 3 aromatic rings. The number of nitrogens with one attached hydrogen (secondary N) is 2. The molecule has 1 aromatic heterocycles. The highest BCUT2D eigenvalue weighted by Gasteiger charge is 2.23. The van der Waals surface area contributed by atoms with Crippen LogP contribution < -0.4 is 10.6 Å². The van der Waals surface area contributed by atoms with Gasteiger partial charge in [0.15, 0.2) is 5.13 Å². The highest BCUT2D eigenvalue weighted by atomic mass is 32.1. The highest BCUT2D eigenvalue weighted by molar-refractivity contribution is 7.22. The van der Waals surface area contributed by atoms with E-state index in [2.05, 4.69) is 20.5 Å². The largest absolute Gasteiger partial charge is 0.379 e. The van der Waals surface area contributed by atoms with Gasteiger partial charge in [-0.3, -0.25) is 10.2 Å². The maximum atomic E-state index is 13.3. The van der Waals surface area contributed by atoms with E-state index >= 15 is 0 Å². The van der Waals surface area contributed by atoms with Crippen LogP contribution in [0.15, 0.2) is 48.5 Å². The number of urea groups is 1. The number of benzene rings is 2. The summed E-state index contributed by atoms with van der Waals surface area (Å²) in [7, 11) is 0. The average Bonchev–Trinajstić information content (AvgIpc) is 3.12. The number of carbonyl (C=O) groups excluding carboxylic acids is 1. The second-order valence-corrected chi connectivity index (χ2v) is 7.57. The summed E-state index contributed by atoms with van der Waals surface area (Å²) in [5.41, 5.74) is 1.82. The average molecular weight is 400 g/mol. The fraction of sp³-hybridized carbons (Fsp3) is 0.300. The number of carbonyl (C=O) groups is 1. The number of anilines is 1. The van der Waals surface area contributed by atoms with Crippen LogP contribution >= 0.6 is 11.3 Å². The Hall–Kier alpha value is -2.55. The molecule has 1 atom stereocenters. The van der Waals surface area contributed by atoms with Gasteiger partial charge >= 0.3 is 6.03 Å². The van der Waals surface area contributed by atoms with Crippen LogP contribution in [0.3, 0.4) is 0 Å². The van der Waals surface area contributed by atoms with E-state index in [1.165, 1.54) is 23.5 Å². The van der Waals surface area contributed by atoms with Crippen molar-refractivity contribution in [3.63, 3.8) is 0 Å². The van der Waals surface area contributed by atoms with Crippen molar-refractivity contribution in [2.24, 2.45) is 0 Å². The first-order chi connectivity index (χ1) is 13.7. The standard InChI is InChI=1S/C20H21FN4O2S/c21-15-7-5-14(6-8-15)17(25-9-11-27-12-10-25)13-22-19(26)24-20-23-16-3-1-2-4-18(16)28-20/h1-8,17H,9-13H2,(H2,22,23,24,26). The summed E-state index contributed by atoms with van der Waals surface area (Å²) in [6.45, 7) is 3.24. The van der Waals surface area contributed by atoms with Crippen LogP contribution in [0.2, 0.25) is 0 Å². The van der Waals surface area contributed by atoms with Crippen molar-refractivity contribution in [1.82, 2.24) is 15.2 Å². The number of hydrogen-bond acceptors (Lipinski definition) is 5. The van der Waals surface area contributed by atoms with E-state index in [1.54, 1.807) is 12.1 Å².